The molecule has 6 nitrogen and oxygen atoms in total. The first-order valence-electron chi connectivity index (χ1n) is 9.84. The number of hydrogen-bond donors (Lipinski definition) is 1. The van der Waals surface area contributed by atoms with Gasteiger partial charge in [-0.25, -0.2) is 0 Å². The summed E-state index contributed by atoms with van der Waals surface area (Å²) in [6.45, 7) is 6.24. The van der Waals surface area contributed by atoms with E-state index in [0.717, 1.165) is 62.1 Å². The highest BCUT2D eigenvalue weighted by Gasteiger charge is 2.28. The summed E-state index contributed by atoms with van der Waals surface area (Å²) in [5, 5.41) is 4.18. The van der Waals surface area contributed by atoms with E-state index >= 15 is 0 Å². The summed E-state index contributed by atoms with van der Waals surface area (Å²) in [5.74, 6) is 0.210. The van der Waals surface area contributed by atoms with Gasteiger partial charge in [0.2, 0.25) is 5.91 Å². The molecular formula is C21H26ClN5O. The summed E-state index contributed by atoms with van der Waals surface area (Å²) in [6.07, 6.45) is 3.69. The molecule has 2 aliphatic rings. The molecule has 1 aromatic heterocycles. The van der Waals surface area contributed by atoms with E-state index in [9.17, 15) is 4.79 Å². The minimum atomic E-state index is 0.194. The van der Waals surface area contributed by atoms with Crippen LogP contribution in [0.25, 0.3) is 0 Å². The van der Waals surface area contributed by atoms with E-state index < -0.39 is 0 Å². The summed E-state index contributed by atoms with van der Waals surface area (Å²) < 4.78 is 0. The number of carbonyl (C=O) groups excluding carboxylic acids is 1. The number of aromatic nitrogens is 1. The van der Waals surface area contributed by atoms with E-state index in [4.69, 9.17) is 11.6 Å². The second-order valence-electron chi connectivity index (χ2n) is 7.32. The standard InChI is InChI=1S/C21H26ClN5O/c22-18-4-1-5-19(13-18)25-9-11-26(12-10-25)21(28)16-27-8-7-24-15-20(27)17-3-2-6-23-14-17/h1-6,13-14,20,24H,7-12,15-16H2. The van der Waals surface area contributed by atoms with Gasteiger partial charge >= 0.3 is 0 Å². The van der Waals surface area contributed by atoms with Crippen molar-refractivity contribution in [3.05, 3.63) is 59.4 Å². The van der Waals surface area contributed by atoms with Crippen LogP contribution < -0.4 is 10.2 Å². The zero-order valence-electron chi connectivity index (χ0n) is 15.9. The van der Waals surface area contributed by atoms with E-state index in [2.05, 4.69) is 32.2 Å². The Morgan fingerprint density at radius 2 is 2.00 bits per heavy atom. The number of anilines is 1. The highest BCUT2D eigenvalue weighted by Crippen LogP contribution is 2.23. The smallest absolute Gasteiger partial charge is 0.236 e. The van der Waals surface area contributed by atoms with Crippen LogP contribution in [-0.4, -0.2) is 73.0 Å². The zero-order valence-corrected chi connectivity index (χ0v) is 16.7. The molecule has 1 unspecified atom stereocenters. The lowest BCUT2D eigenvalue weighted by Gasteiger charge is -2.39. The molecule has 1 N–H and O–H groups in total. The van der Waals surface area contributed by atoms with Crippen LogP contribution in [0, 0.1) is 0 Å². The number of piperazine rings is 2. The fraction of sp³-hybridized carbons (Fsp3) is 0.429. The van der Waals surface area contributed by atoms with Gasteiger partial charge in [0, 0.05) is 75.0 Å². The largest absolute Gasteiger partial charge is 0.368 e. The molecule has 0 saturated carbocycles. The maximum Gasteiger partial charge on any atom is 0.236 e. The molecular weight excluding hydrogens is 374 g/mol. The minimum absolute atomic E-state index is 0.194. The first kappa shape index (κ1) is 19.2. The Bertz CT molecular complexity index is 794. The van der Waals surface area contributed by atoms with Gasteiger partial charge in [-0.3, -0.25) is 14.7 Å². The van der Waals surface area contributed by atoms with Crippen molar-refractivity contribution in [2.45, 2.75) is 6.04 Å². The van der Waals surface area contributed by atoms with Crippen molar-refractivity contribution in [1.29, 1.82) is 0 Å². The monoisotopic (exact) mass is 399 g/mol. The van der Waals surface area contributed by atoms with Crippen molar-refractivity contribution in [2.24, 2.45) is 0 Å². The van der Waals surface area contributed by atoms with Crippen molar-refractivity contribution in [1.82, 2.24) is 20.1 Å². The topological polar surface area (TPSA) is 51.7 Å². The van der Waals surface area contributed by atoms with Gasteiger partial charge in [-0.05, 0) is 29.8 Å². The van der Waals surface area contributed by atoms with Crippen LogP contribution in [0.2, 0.25) is 5.02 Å². The molecule has 2 saturated heterocycles. The second kappa shape index (κ2) is 8.90. The Hall–Kier alpha value is -2.15. The van der Waals surface area contributed by atoms with Crippen LogP contribution in [0.1, 0.15) is 11.6 Å². The van der Waals surface area contributed by atoms with Crippen molar-refractivity contribution in [3.8, 4) is 0 Å². The normalized spacial score (nSPS) is 21.0. The number of halogens is 1. The predicted molar refractivity (Wildman–Crippen MR) is 112 cm³/mol. The van der Waals surface area contributed by atoms with Crippen LogP contribution in [0.5, 0.6) is 0 Å². The average molecular weight is 400 g/mol. The Balaban J connectivity index is 1.35. The Morgan fingerprint density at radius 1 is 1.14 bits per heavy atom. The molecule has 4 rings (SSSR count). The number of amides is 1. The van der Waals surface area contributed by atoms with Gasteiger partial charge in [-0.1, -0.05) is 23.7 Å². The molecule has 7 heteroatoms. The van der Waals surface area contributed by atoms with E-state index in [0.29, 0.717) is 6.54 Å². The number of nitrogens with zero attached hydrogens (tertiary/aromatic N) is 4. The Morgan fingerprint density at radius 3 is 2.75 bits per heavy atom. The summed E-state index contributed by atoms with van der Waals surface area (Å²) in [7, 11) is 0. The van der Waals surface area contributed by atoms with Gasteiger partial charge in [0.05, 0.1) is 6.54 Å². The fourth-order valence-electron chi connectivity index (χ4n) is 4.00. The summed E-state index contributed by atoms with van der Waals surface area (Å²) >= 11 is 6.11. The molecule has 0 radical (unpaired) electrons. The predicted octanol–water partition coefficient (Wildman–Crippen LogP) is 2.03. The highest BCUT2D eigenvalue weighted by atomic mass is 35.5. The first-order valence-corrected chi connectivity index (χ1v) is 10.2. The first-order chi connectivity index (χ1) is 13.7. The third-order valence-corrected chi connectivity index (χ3v) is 5.80. The van der Waals surface area contributed by atoms with Gasteiger partial charge in [0.1, 0.15) is 0 Å². The molecule has 1 atom stereocenters. The highest BCUT2D eigenvalue weighted by molar-refractivity contribution is 6.30. The SMILES string of the molecule is O=C(CN1CCNCC1c1cccnc1)N1CCN(c2cccc(Cl)c2)CC1. The zero-order chi connectivity index (χ0) is 19.3. The lowest BCUT2D eigenvalue weighted by atomic mass is 10.1. The van der Waals surface area contributed by atoms with Crippen molar-refractivity contribution in [2.75, 3.05) is 57.3 Å². The molecule has 0 spiro atoms. The van der Waals surface area contributed by atoms with Crippen LogP contribution in [0.3, 0.4) is 0 Å². The maximum absolute atomic E-state index is 12.9. The van der Waals surface area contributed by atoms with E-state index in [-0.39, 0.29) is 11.9 Å². The number of carbonyl (C=O) groups is 1. The van der Waals surface area contributed by atoms with Gasteiger partial charge in [0.15, 0.2) is 0 Å². The molecule has 2 aromatic rings. The minimum Gasteiger partial charge on any atom is -0.368 e. The summed E-state index contributed by atoms with van der Waals surface area (Å²) in [5.41, 5.74) is 2.28. The quantitative estimate of drug-likeness (QED) is 0.852. The molecule has 28 heavy (non-hydrogen) atoms. The lowest BCUT2D eigenvalue weighted by molar-refractivity contribution is -0.133. The van der Waals surface area contributed by atoms with E-state index in [1.807, 2.05) is 35.4 Å². The average Bonchev–Trinajstić information content (AvgIpc) is 2.75. The molecule has 1 amide bonds. The van der Waals surface area contributed by atoms with Crippen LogP contribution >= 0.6 is 11.6 Å². The van der Waals surface area contributed by atoms with Crippen molar-refractivity contribution < 1.29 is 4.79 Å². The van der Waals surface area contributed by atoms with Crippen molar-refractivity contribution in [3.63, 3.8) is 0 Å². The molecule has 0 aliphatic carbocycles. The molecule has 148 valence electrons. The van der Waals surface area contributed by atoms with Crippen LogP contribution in [-0.2, 0) is 4.79 Å². The molecule has 2 fully saturated rings. The van der Waals surface area contributed by atoms with Gasteiger partial charge in [-0.2, -0.15) is 0 Å². The number of hydrogen-bond acceptors (Lipinski definition) is 5. The number of benzene rings is 1. The summed E-state index contributed by atoms with van der Waals surface area (Å²) in [6, 6.07) is 12.2. The summed E-state index contributed by atoms with van der Waals surface area (Å²) in [4.78, 5) is 23.7. The number of rotatable bonds is 4. The fourth-order valence-corrected chi connectivity index (χ4v) is 4.18. The van der Waals surface area contributed by atoms with Gasteiger partial charge in [-0.15, -0.1) is 0 Å². The maximum atomic E-state index is 12.9. The third-order valence-electron chi connectivity index (χ3n) is 5.57. The van der Waals surface area contributed by atoms with E-state index in [1.54, 1.807) is 6.20 Å². The molecule has 2 aliphatic heterocycles. The lowest BCUT2D eigenvalue weighted by Crippen LogP contribution is -2.54. The number of nitrogens with one attached hydrogen (secondary N) is 1. The second-order valence-corrected chi connectivity index (χ2v) is 7.76. The van der Waals surface area contributed by atoms with Crippen molar-refractivity contribution >= 4 is 23.2 Å². The molecule has 0 bridgehead atoms. The van der Waals surface area contributed by atoms with Gasteiger partial charge < -0.3 is 15.1 Å². The Labute approximate surface area is 171 Å². The molecule has 3 heterocycles. The van der Waals surface area contributed by atoms with Crippen LogP contribution in [0.4, 0.5) is 5.69 Å². The van der Waals surface area contributed by atoms with Crippen LogP contribution in [0.15, 0.2) is 48.8 Å². The molecule has 1 aromatic carbocycles. The number of pyridine rings is 1. The van der Waals surface area contributed by atoms with Gasteiger partial charge in [0.25, 0.3) is 0 Å². The third kappa shape index (κ3) is 4.46. The Kier molecular flexibility index (Phi) is 6.10. The van der Waals surface area contributed by atoms with E-state index in [1.165, 1.54) is 0 Å².